The molecular weight excluding hydrogens is 224 g/mol. The monoisotopic (exact) mass is 244 g/mol. The van der Waals surface area contributed by atoms with E-state index in [0.29, 0.717) is 19.7 Å². The molecule has 1 aliphatic rings. The van der Waals surface area contributed by atoms with Gasteiger partial charge < -0.3 is 4.74 Å². The molecule has 1 heterocycles. The van der Waals surface area contributed by atoms with Crippen LogP contribution in [0.1, 0.15) is 26.7 Å². The highest BCUT2D eigenvalue weighted by Crippen LogP contribution is 2.18. The van der Waals surface area contributed by atoms with E-state index in [2.05, 4.69) is 0 Å². The number of hydrogen-bond acceptors (Lipinski definition) is 5. The summed E-state index contributed by atoms with van der Waals surface area (Å²) in [5.41, 5.74) is 0. The van der Waals surface area contributed by atoms with Gasteiger partial charge in [-0.05, 0) is 26.3 Å². The minimum Gasteiger partial charge on any atom is -0.466 e. The molecule has 1 saturated heterocycles. The van der Waals surface area contributed by atoms with Crippen LogP contribution in [0.15, 0.2) is 0 Å². The molecule has 0 amide bonds. The van der Waals surface area contributed by atoms with Gasteiger partial charge in [-0.2, -0.15) is 0 Å². The number of nitrogens with zero attached hydrogens (tertiary/aromatic N) is 2. The van der Waals surface area contributed by atoms with Gasteiger partial charge in [0.15, 0.2) is 0 Å². The first-order valence-corrected chi connectivity index (χ1v) is 6.07. The summed E-state index contributed by atoms with van der Waals surface area (Å²) in [5.74, 6) is -0.298. The van der Waals surface area contributed by atoms with Crippen molar-refractivity contribution >= 4 is 5.97 Å². The van der Waals surface area contributed by atoms with E-state index in [0.717, 1.165) is 19.4 Å². The first-order valence-electron chi connectivity index (χ1n) is 6.07. The average Bonchev–Trinajstić information content (AvgIpc) is 2.29. The van der Waals surface area contributed by atoms with Crippen LogP contribution < -0.4 is 0 Å². The molecule has 0 aromatic carbocycles. The van der Waals surface area contributed by atoms with E-state index in [4.69, 9.17) is 4.74 Å². The fourth-order valence-electron chi connectivity index (χ4n) is 2.11. The molecule has 2 unspecified atom stereocenters. The van der Waals surface area contributed by atoms with Gasteiger partial charge in [0.1, 0.15) is 0 Å². The Balaban J connectivity index is 2.43. The van der Waals surface area contributed by atoms with E-state index in [-0.39, 0.29) is 16.8 Å². The summed E-state index contributed by atoms with van der Waals surface area (Å²) < 4.78 is 4.98. The number of ether oxygens (including phenoxy) is 1. The lowest BCUT2D eigenvalue weighted by atomic mass is 9.98. The minimum absolute atomic E-state index is 0.123. The van der Waals surface area contributed by atoms with Crippen LogP contribution in [0.3, 0.4) is 0 Å². The Morgan fingerprint density at radius 2 is 2.35 bits per heavy atom. The van der Waals surface area contributed by atoms with Gasteiger partial charge in [0, 0.05) is 18.4 Å². The third kappa shape index (κ3) is 4.30. The number of likely N-dealkylation sites (tertiary alicyclic amines) is 1. The Labute approximate surface area is 101 Å². The SMILES string of the molecule is CCOC(=O)C1CCCN(CC(C)[N+](=O)[O-])C1. The molecule has 0 radical (unpaired) electrons. The van der Waals surface area contributed by atoms with E-state index in [1.165, 1.54) is 0 Å². The summed E-state index contributed by atoms with van der Waals surface area (Å²) in [5, 5.41) is 10.6. The lowest BCUT2D eigenvalue weighted by Gasteiger charge is -2.31. The van der Waals surface area contributed by atoms with E-state index < -0.39 is 6.04 Å². The summed E-state index contributed by atoms with van der Waals surface area (Å²) >= 11 is 0. The maximum absolute atomic E-state index is 11.6. The van der Waals surface area contributed by atoms with Crippen LogP contribution in [0, 0.1) is 16.0 Å². The summed E-state index contributed by atoms with van der Waals surface area (Å²) in [6, 6.07) is -0.587. The number of rotatable bonds is 5. The van der Waals surface area contributed by atoms with Crippen LogP contribution in [0.5, 0.6) is 0 Å². The zero-order valence-corrected chi connectivity index (χ0v) is 10.4. The van der Waals surface area contributed by atoms with Gasteiger partial charge in [0.25, 0.3) is 0 Å². The third-order valence-electron chi connectivity index (χ3n) is 3.01. The molecule has 0 aromatic rings. The highest BCUT2D eigenvalue weighted by Gasteiger charge is 2.29. The summed E-state index contributed by atoms with van der Waals surface area (Å²) in [6.07, 6.45) is 1.72. The Kier molecular flexibility index (Phi) is 5.34. The van der Waals surface area contributed by atoms with Gasteiger partial charge in [0.2, 0.25) is 6.04 Å². The molecule has 2 atom stereocenters. The predicted molar refractivity (Wildman–Crippen MR) is 62.3 cm³/mol. The molecule has 0 saturated carbocycles. The standard InChI is InChI=1S/C11H20N2O4/c1-3-17-11(14)10-5-4-6-12(8-10)7-9(2)13(15)16/h9-10H,3-8H2,1-2H3. The number of esters is 1. The smallest absolute Gasteiger partial charge is 0.310 e. The Morgan fingerprint density at radius 3 is 2.94 bits per heavy atom. The van der Waals surface area contributed by atoms with Crippen molar-refractivity contribution in [1.29, 1.82) is 0 Å². The Hall–Kier alpha value is -1.17. The van der Waals surface area contributed by atoms with Crippen molar-refractivity contribution in [2.45, 2.75) is 32.7 Å². The Bertz CT molecular complexity index is 283. The molecule has 0 spiro atoms. The lowest BCUT2D eigenvalue weighted by molar-refractivity contribution is -0.518. The molecule has 1 rings (SSSR count). The fourth-order valence-corrected chi connectivity index (χ4v) is 2.11. The lowest BCUT2D eigenvalue weighted by Crippen LogP contribution is -2.43. The molecular formula is C11H20N2O4. The van der Waals surface area contributed by atoms with E-state index >= 15 is 0 Å². The molecule has 6 nitrogen and oxygen atoms in total. The minimum atomic E-state index is -0.587. The van der Waals surface area contributed by atoms with Crippen LogP contribution in [-0.4, -0.2) is 48.1 Å². The predicted octanol–water partition coefficient (Wildman–Crippen LogP) is 0.927. The highest BCUT2D eigenvalue weighted by atomic mass is 16.6. The topological polar surface area (TPSA) is 72.7 Å². The summed E-state index contributed by atoms with van der Waals surface area (Å²) in [7, 11) is 0. The zero-order valence-electron chi connectivity index (χ0n) is 10.4. The second-order valence-corrected chi connectivity index (χ2v) is 4.49. The van der Waals surface area contributed by atoms with Crippen LogP contribution >= 0.6 is 0 Å². The first kappa shape index (κ1) is 13.9. The average molecular weight is 244 g/mol. The maximum Gasteiger partial charge on any atom is 0.310 e. The van der Waals surface area contributed by atoms with Crippen LogP contribution in [0.4, 0.5) is 0 Å². The van der Waals surface area contributed by atoms with Crippen molar-refractivity contribution in [3.8, 4) is 0 Å². The maximum atomic E-state index is 11.6. The van der Waals surface area contributed by atoms with Gasteiger partial charge in [-0.1, -0.05) is 0 Å². The number of nitro groups is 1. The molecule has 1 fully saturated rings. The first-order chi connectivity index (χ1) is 8.04. The molecule has 98 valence electrons. The summed E-state index contributed by atoms with van der Waals surface area (Å²) in [6.45, 7) is 5.58. The van der Waals surface area contributed by atoms with Gasteiger partial charge >= 0.3 is 5.97 Å². The van der Waals surface area contributed by atoms with Gasteiger partial charge in [-0.25, -0.2) is 0 Å². The van der Waals surface area contributed by atoms with Gasteiger partial charge in [0.05, 0.1) is 19.1 Å². The van der Waals surface area contributed by atoms with Crippen molar-refractivity contribution in [3.05, 3.63) is 10.1 Å². The number of piperidine rings is 1. The quantitative estimate of drug-likeness (QED) is 0.408. The third-order valence-corrected chi connectivity index (χ3v) is 3.01. The van der Waals surface area contributed by atoms with Crippen molar-refractivity contribution in [2.24, 2.45) is 5.92 Å². The largest absolute Gasteiger partial charge is 0.466 e. The van der Waals surface area contributed by atoms with Gasteiger partial charge in [-0.3, -0.25) is 19.8 Å². The zero-order chi connectivity index (χ0) is 12.8. The molecule has 0 aromatic heterocycles. The second kappa shape index (κ2) is 6.54. The van der Waals surface area contributed by atoms with Crippen LogP contribution in [0.25, 0.3) is 0 Å². The van der Waals surface area contributed by atoms with Crippen LogP contribution in [0.2, 0.25) is 0 Å². The normalized spacial score (nSPS) is 23.1. The molecule has 0 N–H and O–H groups in total. The number of carbonyl (C=O) groups excluding carboxylic acids is 1. The molecule has 0 bridgehead atoms. The Morgan fingerprint density at radius 1 is 1.65 bits per heavy atom. The van der Waals surface area contributed by atoms with Crippen molar-refractivity contribution in [3.63, 3.8) is 0 Å². The number of carbonyl (C=O) groups is 1. The molecule has 17 heavy (non-hydrogen) atoms. The number of hydrogen-bond donors (Lipinski definition) is 0. The molecule has 6 heteroatoms. The molecule has 1 aliphatic heterocycles. The van der Waals surface area contributed by atoms with Crippen molar-refractivity contribution < 1.29 is 14.5 Å². The van der Waals surface area contributed by atoms with E-state index in [1.54, 1.807) is 13.8 Å². The van der Waals surface area contributed by atoms with Crippen molar-refractivity contribution in [1.82, 2.24) is 4.90 Å². The highest BCUT2D eigenvalue weighted by molar-refractivity contribution is 5.72. The second-order valence-electron chi connectivity index (χ2n) is 4.49. The molecule has 0 aliphatic carbocycles. The fraction of sp³-hybridized carbons (Fsp3) is 0.909. The van der Waals surface area contributed by atoms with Crippen molar-refractivity contribution in [2.75, 3.05) is 26.2 Å². The van der Waals surface area contributed by atoms with Gasteiger partial charge in [-0.15, -0.1) is 0 Å². The van der Waals surface area contributed by atoms with E-state index in [9.17, 15) is 14.9 Å². The summed E-state index contributed by atoms with van der Waals surface area (Å²) in [4.78, 5) is 23.9. The van der Waals surface area contributed by atoms with Crippen LogP contribution in [-0.2, 0) is 9.53 Å². The van der Waals surface area contributed by atoms with E-state index in [1.807, 2.05) is 4.90 Å².